The molecule has 2 rings (SSSR count). The first-order chi connectivity index (χ1) is 10.1. The average Bonchev–Trinajstić information content (AvgIpc) is 2.50. The Hall–Kier alpha value is -2.47. The molecule has 0 amide bonds. The summed E-state index contributed by atoms with van der Waals surface area (Å²) in [7, 11) is 2.05. The number of nitrogens with two attached hydrogens (primary N) is 1. The topological polar surface area (TPSA) is 53.0 Å². The number of hydrogen-bond donors (Lipinski definition) is 1. The number of nitrogens with zero attached hydrogens (tertiary/aromatic N) is 2. The van der Waals surface area contributed by atoms with Crippen molar-refractivity contribution in [2.75, 3.05) is 17.7 Å². The summed E-state index contributed by atoms with van der Waals surface area (Å²) in [6.07, 6.45) is 1.41. The fourth-order valence-electron chi connectivity index (χ4n) is 2.31. The fraction of sp³-hybridized carbons (Fsp3) is 0.278. The summed E-state index contributed by atoms with van der Waals surface area (Å²) < 4.78 is 0. The molecule has 0 saturated carbocycles. The lowest BCUT2D eigenvalue weighted by Crippen LogP contribution is -2.16. The monoisotopic (exact) mass is 279 g/mol. The highest BCUT2D eigenvalue weighted by Crippen LogP contribution is 2.22. The van der Waals surface area contributed by atoms with Gasteiger partial charge in [0.2, 0.25) is 0 Å². The molecule has 0 radical (unpaired) electrons. The van der Waals surface area contributed by atoms with E-state index in [1.807, 2.05) is 18.2 Å². The Morgan fingerprint density at radius 3 is 2.38 bits per heavy atom. The summed E-state index contributed by atoms with van der Waals surface area (Å²) in [5.41, 5.74) is 11.2. The van der Waals surface area contributed by atoms with Gasteiger partial charge in [0.25, 0.3) is 0 Å². The van der Waals surface area contributed by atoms with Gasteiger partial charge in [-0.15, -0.1) is 0 Å². The lowest BCUT2D eigenvalue weighted by Gasteiger charge is -2.20. The van der Waals surface area contributed by atoms with Crippen LogP contribution in [0.5, 0.6) is 0 Å². The number of anilines is 2. The van der Waals surface area contributed by atoms with Gasteiger partial charge in [-0.2, -0.15) is 5.26 Å². The van der Waals surface area contributed by atoms with Crippen LogP contribution in [-0.2, 0) is 19.4 Å². The molecule has 0 unspecified atom stereocenters. The Morgan fingerprint density at radius 2 is 1.76 bits per heavy atom. The fourth-order valence-corrected chi connectivity index (χ4v) is 2.31. The highest BCUT2D eigenvalue weighted by Gasteiger charge is 2.06. The van der Waals surface area contributed by atoms with Crippen molar-refractivity contribution in [2.45, 2.75) is 26.3 Å². The molecule has 3 heteroatoms. The molecule has 108 valence electrons. The van der Waals surface area contributed by atoms with E-state index in [4.69, 9.17) is 11.0 Å². The number of rotatable bonds is 5. The van der Waals surface area contributed by atoms with Gasteiger partial charge >= 0.3 is 0 Å². The summed E-state index contributed by atoms with van der Waals surface area (Å²) in [6.45, 7) is 2.99. The Balaban J connectivity index is 2.14. The summed E-state index contributed by atoms with van der Waals surface area (Å²) in [6, 6.07) is 16.7. The highest BCUT2D eigenvalue weighted by atomic mass is 15.1. The van der Waals surface area contributed by atoms with E-state index in [9.17, 15) is 0 Å². The molecule has 0 atom stereocenters. The number of benzene rings is 2. The molecule has 0 aromatic heterocycles. The molecule has 0 bridgehead atoms. The Morgan fingerprint density at radius 1 is 1.10 bits per heavy atom. The zero-order valence-corrected chi connectivity index (χ0v) is 12.6. The van der Waals surface area contributed by atoms with Gasteiger partial charge in [0.1, 0.15) is 0 Å². The van der Waals surface area contributed by atoms with Crippen LogP contribution < -0.4 is 10.6 Å². The van der Waals surface area contributed by atoms with Gasteiger partial charge in [-0.1, -0.05) is 31.2 Å². The van der Waals surface area contributed by atoms with E-state index in [1.165, 1.54) is 11.1 Å². The van der Waals surface area contributed by atoms with Crippen LogP contribution in [0.3, 0.4) is 0 Å². The van der Waals surface area contributed by atoms with Gasteiger partial charge < -0.3 is 10.6 Å². The summed E-state index contributed by atoms with van der Waals surface area (Å²) in [5, 5.41) is 8.84. The first-order valence-electron chi connectivity index (χ1n) is 7.18. The SMILES string of the molecule is CCc1ccc(CN(C)c2ccc(N)c(CC#N)c2)cc1. The maximum Gasteiger partial charge on any atom is 0.0670 e. The largest absolute Gasteiger partial charge is 0.398 e. The molecule has 0 heterocycles. The molecule has 2 aromatic carbocycles. The second-order valence-corrected chi connectivity index (χ2v) is 5.24. The Labute approximate surface area is 126 Å². The van der Waals surface area contributed by atoms with Crippen LogP contribution in [0.15, 0.2) is 42.5 Å². The number of hydrogen-bond acceptors (Lipinski definition) is 3. The van der Waals surface area contributed by atoms with Crippen molar-refractivity contribution in [3.05, 3.63) is 59.2 Å². The van der Waals surface area contributed by atoms with Crippen molar-refractivity contribution in [1.29, 1.82) is 5.26 Å². The van der Waals surface area contributed by atoms with Gasteiger partial charge in [0.15, 0.2) is 0 Å². The quantitative estimate of drug-likeness (QED) is 0.852. The van der Waals surface area contributed by atoms with E-state index in [2.05, 4.69) is 49.2 Å². The Bertz CT molecular complexity index is 639. The zero-order valence-electron chi connectivity index (χ0n) is 12.6. The summed E-state index contributed by atoms with van der Waals surface area (Å²) in [5.74, 6) is 0. The third-order valence-corrected chi connectivity index (χ3v) is 3.69. The zero-order chi connectivity index (χ0) is 15.2. The van der Waals surface area contributed by atoms with Crippen LogP contribution in [0.4, 0.5) is 11.4 Å². The van der Waals surface area contributed by atoms with E-state index in [0.29, 0.717) is 12.1 Å². The van der Waals surface area contributed by atoms with Crippen LogP contribution in [0, 0.1) is 11.3 Å². The van der Waals surface area contributed by atoms with Gasteiger partial charge in [0, 0.05) is 25.0 Å². The average molecular weight is 279 g/mol. The second kappa shape index (κ2) is 6.81. The van der Waals surface area contributed by atoms with Crippen LogP contribution in [0.1, 0.15) is 23.6 Å². The van der Waals surface area contributed by atoms with Crippen molar-refractivity contribution < 1.29 is 0 Å². The molecule has 3 nitrogen and oxygen atoms in total. The molecule has 2 aromatic rings. The van der Waals surface area contributed by atoms with Crippen LogP contribution in [0.2, 0.25) is 0 Å². The van der Waals surface area contributed by atoms with Gasteiger partial charge in [-0.25, -0.2) is 0 Å². The van der Waals surface area contributed by atoms with Gasteiger partial charge in [-0.3, -0.25) is 0 Å². The van der Waals surface area contributed by atoms with Crippen LogP contribution in [-0.4, -0.2) is 7.05 Å². The molecule has 0 spiro atoms. The molecule has 0 aliphatic heterocycles. The molecular weight excluding hydrogens is 258 g/mol. The van der Waals surface area contributed by atoms with Crippen molar-refractivity contribution in [3.63, 3.8) is 0 Å². The predicted octanol–water partition coefficient (Wildman–Crippen LogP) is 3.53. The van der Waals surface area contributed by atoms with E-state index in [0.717, 1.165) is 24.2 Å². The van der Waals surface area contributed by atoms with E-state index < -0.39 is 0 Å². The highest BCUT2D eigenvalue weighted by molar-refractivity contribution is 5.59. The summed E-state index contributed by atoms with van der Waals surface area (Å²) in [4.78, 5) is 2.17. The second-order valence-electron chi connectivity index (χ2n) is 5.24. The maximum atomic E-state index is 8.84. The molecule has 0 aliphatic carbocycles. The van der Waals surface area contributed by atoms with E-state index in [-0.39, 0.29) is 0 Å². The summed E-state index contributed by atoms with van der Waals surface area (Å²) >= 11 is 0. The minimum absolute atomic E-state index is 0.346. The van der Waals surface area contributed by atoms with Crippen molar-refractivity contribution in [2.24, 2.45) is 0 Å². The lowest BCUT2D eigenvalue weighted by atomic mass is 10.1. The predicted molar refractivity (Wildman–Crippen MR) is 88.1 cm³/mol. The van der Waals surface area contributed by atoms with Crippen LogP contribution >= 0.6 is 0 Å². The van der Waals surface area contributed by atoms with E-state index >= 15 is 0 Å². The molecule has 0 aliphatic rings. The first kappa shape index (κ1) is 14.9. The minimum atomic E-state index is 0.346. The third-order valence-electron chi connectivity index (χ3n) is 3.69. The molecule has 21 heavy (non-hydrogen) atoms. The number of aryl methyl sites for hydroxylation is 1. The molecular formula is C18H21N3. The van der Waals surface area contributed by atoms with Gasteiger partial charge in [-0.05, 0) is 41.3 Å². The molecule has 0 saturated heterocycles. The number of nitrogen functional groups attached to an aromatic ring is 1. The van der Waals surface area contributed by atoms with E-state index in [1.54, 1.807) is 0 Å². The number of nitriles is 1. The van der Waals surface area contributed by atoms with Crippen molar-refractivity contribution in [3.8, 4) is 6.07 Å². The minimum Gasteiger partial charge on any atom is -0.398 e. The van der Waals surface area contributed by atoms with Crippen molar-refractivity contribution in [1.82, 2.24) is 0 Å². The lowest BCUT2D eigenvalue weighted by molar-refractivity contribution is 0.919. The smallest absolute Gasteiger partial charge is 0.0670 e. The normalized spacial score (nSPS) is 10.1. The molecule has 2 N–H and O–H groups in total. The third kappa shape index (κ3) is 3.76. The van der Waals surface area contributed by atoms with Crippen LogP contribution in [0.25, 0.3) is 0 Å². The van der Waals surface area contributed by atoms with Crippen molar-refractivity contribution >= 4 is 11.4 Å². The Kier molecular flexibility index (Phi) is 4.84. The molecule has 0 fully saturated rings. The van der Waals surface area contributed by atoms with Gasteiger partial charge in [0.05, 0.1) is 12.5 Å². The standard InChI is InChI=1S/C18H21N3/c1-3-14-4-6-15(7-5-14)13-21(2)17-8-9-18(20)16(12-17)10-11-19/h4-9,12H,3,10,13,20H2,1-2H3. The maximum absolute atomic E-state index is 8.84. The first-order valence-corrected chi connectivity index (χ1v) is 7.18.